The molecule has 1 N–H and O–H groups in total. The lowest BCUT2D eigenvalue weighted by atomic mass is 9.99. The highest BCUT2D eigenvalue weighted by Crippen LogP contribution is 2.16. The van der Waals surface area contributed by atoms with E-state index in [1.54, 1.807) is 0 Å². The Balaban J connectivity index is 1.50. The predicted octanol–water partition coefficient (Wildman–Crippen LogP) is 2.27. The average molecular weight is 254 g/mol. The van der Waals surface area contributed by atoms with Crippen LogP contribution in [0.2, 0.25) is 0 Å². The van der Waals surface area contributed by atoms with Crippen molar-refractivity contribution in [2.75, 3.05) is 32.8 Å². The summed E-state index contributed by atoms with van der Waals surface area (Å²) in [4.78, 5) is 2.63. The summed E-state index contributed by atoms with van der Waals surface area (Å²) in [5.74, 6) is 0.947. The molecule has 3 heteroatoms. The lowest BCUT2D eigenvalue weighted by molar-refractivity contribution is 0.0132. The molecular weight excluding hydrogens is 224 g/mol. The number of piperidine rings is 1. The molecular formula is C15H30N2O. The van der Waals surface area contributed by atoms with Gasteiger partial charge >= 0.3 is 0 Å². The van der Waals surface area contributed by atoms with Gasteiger partial charge in [-0.25, -0.2) is 0 Å². The lowest BCUT2D eigenvalue weighted by Crippen LogP contribution is -2.40. The third-order valence-corrected chi connectivity index (χ3v) is 4.45. The van der Waals surface area contributed by atoms with Gasteiger partial charge in [0.1, 0.15) is 0 Å². The minimum atomic E-state index is 0.444. The van der Waals surface area contributed by atoms with E-state index in [-0.39, 0.29) is 0 Å². The maximum absolute atomic E-state index is 5.57. The second-order valence-electron chi connectivity index (χ2n) is 6.23. The minimum Gasteiger partial charge on any atom is -0.378 e. The number of likely N-dealkylation sites (tertiary alicyclic amines) is 1. The zero-order valence-electron chi connectivity index (χ0n) is 12.2. The molecule has 2 heterocycles. The summed E-state index contributed by atoms with van der Waals surface area (Å²) >= 11 is 0. The molecule has 2 aliphatic heterocycles. The largest absolute Gasteiger partial charge is 0.378 e. The highest BCUT2D eigenvalue weighted by atomic mass is 16.5. The van der Waals surface area contributed by atoms with Gasteiger partial charge in [-0.2, -0.15) is 0 Å². The molecule has 3 nitrogen and oxygen atoms in total. The summed E-state index contributed by atoms with van der Waals surface area (Å²) in [5.41, 5.74) is 0. The maximum Gasteiger partial charge on any atom is 0.0561 e. The molecule has 0 bridgehead atoms. The van der Waals surface area contributed by atoms with Crippen molar-refractivity contribution in [3.8, 4) is 0 Å². The molecule has 0 aromatic carbocycles. The average Bonchev–Trinajstić information content (AvgIpc) is 2.37. The third kappa shape index (κ3) is 4.87. The summed E-state index contributed by atoms with van der Waals surface area (Å²) < 4.78 is 5.57. The topological polar surface area (TPSA) is 24.5 Å². The van der Waals surface area contributed by atoms with E-state index in [1.165, 1.54) is 58.3 Å². The molecule has 0 aliphatic carbocycles. The number of hydrogen-bond acceptors (Lipinski definition) is 3. The van der Waals surface area contributed by atoms with Crippen molar-refractivity contribution < 1.29 is 4.74 Å². The Morgan fingerprint density at radius 1 is 1.17 bits per heavy atom. The van der Waals surface area contributed by atoms with Crippen molar-refractivity contribution in [3.05, 3.63) is 0 Å². The molecule has 0 saturated carbocycles. The summed E-state index contributed by atoms with van der Waals surface area (Å²) in [7, 11) is 0. The van der Waals surface area contributed by atoms with Crippen molar-refractivity contribution in [1.29, 1.82) is 0 Å². The van der Waals surface area contributed by atoms with E-state index in [0.717, 1.165) is 12.5 Å². The summed E-state index contributed by atoms with van der Waals surface area (Å²) in [6.07, 6.45) is 6.89. The predicted molar refractivity (Wildman–Crippen MR) is 75.9 cm³/mol. The van der Waals surface area contributed by atoms with Crippen LogP contribution in [0.3, 0.4) is 0 Å². The van der Waals surface area contributed by atoms with Crippen molar-refractivity contribution in [3.63, 3.8) is 0 Å². The zero-order chi connectivity index (χ0) is 12.8. The van der Waals surface area contributed by atoms with Gasteiger partial charge in [-0.3, -0.25) is 0 Å². The van der Waals surface area contributed by atoms with E-state index in [1.807, 2.05) is 0 Å². The van der Waals surface area contributed by atoms with Crippen LogP contribution < -0.4 is 5.32 Å². The van der Waals surface area contributed by atoms with Crippen molar-refractivity contribution in [2.24, 2.45) is 5.92 Å². The number of ether oxygens (including phenoxy) is 1. The Kier molecular flexibility index (Phi) is 5.93. The van der Waals surface area contributed by atoms with Gasteiger partial charge in [0.05, 0.1) is 6.10 Å². The fourth-order valence-corrected chi connectivity index (χ4v) is 3.08. The first kappa shape index (κ1) is 14.3. The molecule has 106 valence electrons. The summed E-state index contributed by atoms with van der Waals surface area (Å²) in [6.45, 7) is 10.6. The van der Waals surface area contributed by atoms with Crippen molar-refractivity contribution in [1.82, 2.24) is 10.2 Å². The Morgan fingerprint density at radius 2 is 1.94 bits per heavy atom. The van der Waals surface area contributed by atoms with Crippen LogP contribution in [-0.4, -0.2) is 49.8 Å². The SMILES string of the molecule is CC1CCN(CCCNC2CCOC(C)C2)CC1. The fraction of sp³-hybridized carbons (Fsp3) is 1.00. The zero-order valence-corrected chi connectivity index (χ0v) is 12.2. The van der Waals surface area contributed by atoms with E-state index in [4.69, 9.17) is 4.74 Å². The number of nitrogens with one attached hydrogen (secondary N) is 1. The highest BCUT2D eigenvalue weighted by molar-refractivity contribution is 4.75. The minimum absolute atomic E-state index is 0.444. The van der Waals surface area contributed by atoms with Gasteiger partial charge in [-0.1, -0.05) is 6.92 Å². The molecule has 2 aliphatic rings. The van der Waals surface area contributed by atoms with Crippen LogP contribution in [0.1, 0.15) is 46.0 Å². The van der Waals surface area contributed by atoms with Crippen LogP contribution in [0.25, 0.3) is 0 Å². The maximum atomic E-state index is 5.57. The molecule has 2 fully saturated rings. The molecule has 2 unspecified atom stereocenters. The van der Waals surface area contributed by atoms with Gasteiger partial charge in [-0.05, 0) is 71.1 Å². The van der Waals surface area contributed by atoms with Crippen LogP contribution in [0.4, 0.5) is 0 Å². The van der Waals surface area contributed by atoms with Crippen LogP contribution in [0, 0.1) is 5.92 Å². The van der Waals surface area contributed by atoms with Gasteiger partial charge in [-0.15, -0.1) is 0 Å². The molecule has 0 amide bonds. The van der Waals surface area contributed by atoms with Crippen LogP contribution in [0.15, 0.2) is 0 Å². The van der Waals surface area contributed by atoms with Gasteiger partial charge < -0.3 is 15.0 Å². The van der Waals surface area contributed by atoms with Gasteiger partial charge in [0.25, 0.3) is 0 Å². The van der Waals surface area contributed by atoms with Gasteiger partial charge in [0.15, 0.2) is 0 Å². The number of rotatable bonds is 5. The smallest absolute Gasteiger partial charge is 0.0561 e. The Morgan fingerprint density at radius 3 is 2.67 bits per heavy atom. The Hall–Kier alpha value is -0.120. The van der Waals surface area contributed by atoms with Gasteiger partial charge in [0, 0.05) is 12.6 Å². The Labute approximate surface area is 112 Å². The molecule has 18 heavy (non-hydrogen) atoms. The molecule has 2 atom stereocenters. The molecule has 2 rings (SSSR count). The number of hydrogen-bond donors (Lipinski definition) is 1. The summed E-state index contributed by atoms with van der Waals surface area (Å²) in [6, 6.07) is 0.690. The van der Waals surface area contributed by atoms with E-state index in [9.17, 15) is 0 Å². The van der Waals surface area contributed by atoms with E-state index in [2.05, 4.69) is 24.1 Å². The third-order valence-electron chi connectivity index (χ3n) is 4.45. The second-order valence-corrected chi connectivity index (χ2v) is 6.23. The first-order chi connectivity index (χ1) is 8.74. The second kappa shape index (κ2) is 7.46. The number of nitrogens with zero attached hydrogens (tertiary/aromatic N) is 1. The molecule has 0 aromatic rings. The standard InChI is InChI=1S/C15H30N2O/c1-13-4-9-17(10-5-13)8-3-7-16-15-6-11-18-14(2)12-15/h13-16H,3-12H2,1-2H3. The normalized spacial score (nSPS) is 31.7. The fourth-order valence-electron chi connectivity index (χ4n) is 3.08. The van der Waals surface area contributed by atoms with Crippen LogP contribution in [-0.2, 0) is 4.74 Å². The molecule has 0 aromatic heterocycles. The van der Waals surface area contributed by atoms with Crippen molar-refractivity contribution in [2.45, 2.75) is 58.1 Å². The highest BCUT2D eigenvalue weighted by Gasteiger charge is 2.19. The van der Waals surface area contributed by atoms with E-state index >= 15 is 0 Å². The van der Waals surface area contributed by atoms with E-state index in [0.29, 0.717) is 12.1 Å². The first-order valence-corrected chi connectivity index (χ1v) is 7.81. The quantitative estimate of drug-likeness (QED) is 0.762. The molecule has 2 saturated heterocycles. The van der Waals surface area contributed by atoms with Crippen LogP contribution in [0.5, 0.6) is 0 Å². The van der Waals surface area contributed by atoms with Gasteiger partial charge in [0.2, 0.25) is 0 Å². The monoisotopic (exact) mass is 254 g/mol. The van der Waals surface area contributed by atoms with E-state index < -0.39 is 0 Å². The molecule has 0 radical (unpaired) electrons. The summed E-state index contributed by atoms with van der Waals surface area (Å²) in [5, 5.41) is 3.69. The first-order valence-electron chi connectivity index (χ1n) is 7.81. The Bertz CT molecular complexity index is 227. The van der Waals surface area contributed by atoms with Crippen LogP contribution >= 0.6 is 0 Å². The molecule has 0 spiro atoms. The van der Waals surface area contributed by atoms with Crippen molar-refractivity contribution >= 4 is 0 Å². The lowest BCUT2D eigenvalue weighted by Gasteiger charge is -2.31.